The number of furan rings is 1. The van der Waals surface area contributed by atoms with Gasteiger partial charge in [0.05, 0.1) is 19.1 Å². The second-order valence-electron chi connectivity index (χ2n) is 3.53. The van der Waals surface area contributed by atoms with Gasteiger partial charge in [0.2, 0.25) is 0 Å². The van der Waals surface area contributed by atoms with Gasteiger partial charge in [-0.1, -0.05) is 0 Å². The van der Waals surface area contributed by atoms with Crippen molar-refractivity contribution in [1.82, 2.24) is 19.5 Å². The minimum atomic E-state index is -0.508. The number of aromatic amines is 2. The fourth-order valence-electron chi connectivity index (χ4n) is 1.69. The first kappa shape index (κ1) is 9.64. The molecule has 0 atom stereocenters. The molecular weight excluding hydrogens is 224 g/mol. The third-order valence-corrected chi connectivity index (χ3v) is 2.46. The first-order chi connectivity index (χ1) is 8.25. The molecule has 0 bridgehead atoms. The lowest BCUT2D eigenvalue weighted by Crippen LogP contribution is -2.30. The van der Waals surface area contributed by atoms with Gasteiger partial charge in [-0.25, -0.2) is 9.78 Å². The van der Waals surface area contributed by atoms with Gasteiger partial charge in [0, 0.05) is 0 Å². The highest BCUT2D eigenvalue weighted by molar-refractivity contribution is 5.68. The van der Waals surface area contributed by atoms with Gasteiger partial charge in [-0.3, -0.25) is 14.3 Å². The average Bonchev–Trinajstić information content (AvgIpc) is 2.95. The van der Waals surface area contributed by atoms with E-state index in [9.17, 15) is 9.59 Å². The molecule has 0 radical (unpaired) electrons. The SMILES string of the molecule is O=c1[nH]c(=O)n(Cc2ccco2)c2nc[nH]c12. The molecule has 3 aromatic rings. The van der Waals surface area contributed by atoms with Crippen LogP contribution in [-0.2, 0) is 6.54 Å². The van der Waals surface area contributed by atoms with Crippen molar-refractivity contribution in [2.45, 2.75) is 6.54 Å². The van der Waals surface area contributed by atoms with Gasteiger partial charge in [-0.15, -0.1) is 0 Å². The molecule has 17 heavy (non-hydrogen) atoms. The van der Waals surface area contributed by atoms with E-state index in [0.29, 0.717) is 11.4 Å². The van der Waals surface area contributed by atoms with Gasteiger partial charge in [0.25, 0.3) is 5.56 Å². The minimum absolute atomic E-state index is 0.226. The van der Waals surface area contributed by atoms with Crippen molar-refractivity contribution >= 4 is 11.2 Å². The van der Waals surface area contributed by atoms with Crippen LogP contribution in [0.2, 0.25) is 0 Å². The van der Waals surface area contributed by atoms with E-state index in [1.54, 1.807) is 12.1 Å². The van der Waals surface area contributed by atoms with Crippen LogP contribution in [0.25, 0.3) is 11.2 Å². The van der Waals surface area contributed by atoms with Crippen molar-refractivity contribution in [3.05, 3.63) is 51.3 Å². The highest BCUT2D eigenvalue weighted by atomic mass is 16.3. The largest absolute Gasteiger partial charge is 0.467 e. The zero-order chi connectivity index (χ0) is 11.8. The second-order valence-corrected chi connectivity index (χ2v) is 3.53. The summed E-state index contributed by atoms with van der Waals surface area (Å²) in [6.07, 6.45) is 2.89. The van der Waals surface area contributed by atoms with Gasteiger partial charge >= 0.3 is 5.69 Å². The van der Waals surface area contributed by atoms with Crippen LogP contribution in [-0.4, -0.2) is 19.5 Å². The summed E-state index contributed by atoms with van der Waals surface area (Å²) < 4.78 is 6.50. The van der Waals surface area contributed by atoms with Crippen LogP contribution in [0, 0.1) is 0 Å². The molecule has 0 aliphatic rings. The van der Waals surface area contributed by atoms with Crippen LogP contribution in [0.5, 0.6) is 0 Å². The van der Waals surface area contributed by atoms with Crippen LogP contribution in [0.3, 0.4) is 0 Å². The molecule has 3 heterocycles. The fourth-order valence-corrected chi connectivity index (χ4v) is 1.69. The van der Waals surface area contributed by atoms with Crippen LogP contribution in [0.1, 0.15) is 5.76 Å². The first-order valence-electron chi connectivity index (χ1n) is 4.94. The minimum Gasteiger partial charge on any atom is -0.467 e. The van der Waals surface area contributed by atoms with E-state index in [1.807, 2.05) is 0 Å². The number of fused-ring (bicyclic) bond motifs is 1. The molecule has 0 aliphatic heterocycles. The maximum atomic E-state index is 11.7. The Morgan fingerprint density at radius 3 is 3.06 bits per heavy atom. The maximum Gasteiger partial charge on any atom is 0.330 e. The number of rotatable bonds is 2. The molecule has 2 N–H and O–H groups in total. The molecule has 0 saturated carbocycles. The zero-order valence-electron chi connectivity index (χ0n) is 8.64. The molecule has 0 aliphatic carbocycles. The van der Waals surface area contributed by atoms with Crippen LogP contribution < -0.4 is 11.2 Å². The molecule has 7 nitrogen and oxygen atoms in total. The molecular formula is C10H8N4O3. The van der Waals surface area contributed by atoms with Crippen molar-refractivity contribution < 1.29 is 4.42 Å². The van der Waals surface area contributed by atoms with Crippen molar-refractivity contribution in [2.24, 2.45) is 0 Å². The quantitative estimate of drug-likeness (QED) is 0.652. The first-order valence-corrected chi connectivity index (χ1v) is 4.94. The van der Waals surface area contributed by atoms with Crippen LogP contribution >= 0.6 is 0 Å². The van der Waals surface area contributed by atoms with E-state index < -0.39 is 11.2 Å². The maximum absolute atomic E-state index is 11.7. The van der Waals surface area contributed by atoms with E-state index in [4.69, 9.17) is 4.42 Å². The molecule has 0 spiro atoms. The summed E-state index contributed by atoms with van der Waals surface area (Å²) in [7, 11) is 0. The number of hydrogen-bond acceptors (Lipinski definition) is 4. The van der Waals surface area contributed by atoms with Crippen molar-refractivity contribution in [3.63, 3.8) is 0 Å². The number of imidazole rings is 1. The Bertz CT molecular complexity index is 763. The summed E-state index contributed by atoms with van der Waals surface area (Å²) in [4.78, 5) is 32.0. The number of H-pyrrole nitrogens is 2. The van der Waals surface area contributed by atoms with Gasteiger partial charge < -0.3 is 9.40 Å². The third-order valence-electron chi connectivity index (χ3n) is 2.46. The number of nitrogens with one attached hydrogen (secondary N) is 2. The Hall–Kier alpha value is -2.57. The lowest BCUT2D eigenvalue weighted by atomic mass is 10.4. The molecule has 7 heteroatoms. The van der Waals surface area contributed by atoms with Gasteiger partial charge in [0.1, 0.15) is 11.3 Å². The molecule has 0 amide bonds. The summed E-state index contributed by atoms with van der Waals surface area (Å²) >= 11 is 0. The predicted octanol–water partition coefficient (Wildman–Crippen LogP) is 0.0542. The fraction of sp³-hybridized carbons (Fsp3) is 0.100. The zero-order valence-corrected chi connectivity index (χ0v) is 8.64. The summed E-state index contributed by atoms with van der Waals surface area (Å²) in [6.45, 7) is 0.226. The van der Waals surface area contributed by atoms with E-state index in [0.717, 1.165) is 0 Å². The Morgan fingerprint density at radius 2 is 2.29 bits per heavy atom. The highest BCUT2D eigenvalue weighted by Gasteiger charge is 2.10. The summed E-state index contributed by atoms with van der Waals surface area (Å²) in [5.74, 6) is 0.614. The Labute approximate surface area is 93.7 Å². The number of nitrogens with zero attached hydrogens (tertiary/aromatic N) is 2. The smallest absolute Gasteiger partial charge is 0.330 e. The molecule has 0 saturated heterocycles. The molecule has 0 unspecified atom stereocenters. The van der Waals surface area contributed by atoms with Gasteiger partial charge in [0.15, 0.2) is 5.65 Å². The lowest BCUT2D eigenvalue weighted by Gasteiger charge is -2.02. The summed E-state index contributed by atoms with van der Waals surface area (Å²) in [5.41, 5.74) is -0.393. The normalized spacial score (nSPS) is 11.1. The Balaban J connectivity index is 2.25. The van der Waals surface area contributed by atoms with E-state index in [-0.39, 0.29) is 12.1 Å². The second kappa shape index (κ2) is 3.48. The van der Waals surface area contributed by atoms with Crippen LogP contribution in [0.4, 0.5) is 0 Å². The summed E-state index contributed by atoms with van der Waals surface area (Å²) in [5, 5.41) is 0. The molecule has 0 fully saturated rings. The topological polar surface area (TPSA) is 96.7 Å². The van der Waals surface area contributed by atoms with Crippen molar-refractivity contribution in [3.8, 4) is 0 Å². The van der Waals surface area contributed by atoms with Crippen molar-refractivity contribution in [1.29, 1.82) is 0 Å². The molecule has 86 valence electrons. The molecule has 0 aromatic carbocycles. The lowest BCUT2D eigenvalue weighted by molar-refractivity contribution is 0.490. The number of hydrogen-bond donors (Lipinski definition) is 2. The van der Waals surface area contributed by atoms with Gasteiger partial charge in [-0.2, -0.15) is 0 Å². The average molecular weight is 232 g/mol. The summed E-state index contributed by atoms with van der Waals surface area (Å²) in [6, 6.07) is 3.48. The standard InChI is InChI=1S/C10H8N4O3/c15-9-7-8(12-5-11-7)14(10(16)13-9)4-6-2-1-3-17-6/h1-3,5H,4H2,(H,11,12)(H,13,15,16). The van der Waals surface area contributed by atoms with E-state index in [1.165, 1.54) is 17.2 Å². The van der Waals surface area contributed by atoms with E-state index in [2.05, 4.69) is 15.0 Å². The third kappa shape index (κ3) is 1.48. The monoisotopic (exact) mass is 232 g/mol. The highest BCUT2D eigenvalue weighted by Crippen LogP contribution is 2.05. The molecule has 3 rings (SSSR count). The van der Waals surface area contributed by atoms with Gasteiger partial charge in [-0.05, 0) is 12.1 Å². The number of aromatic nitrogens is 4. The molecule has 3 aromatic heterocycles. The predicted molar refractivity (Wildman–Crippen MR) is 58.8 cm³/mol. The van der Waals surface area contributed by atoms with Crippen molar-refractivity contribution in [2.75, 3.05) is 0 Å². The Kier molecular flexibility index (Phi) is 1.97. The van der Waals surface area contributed by atoms with Crippen LogP contribution in [0.15, 0.2) is 38.7 Å². The van der Waals surface area contributed by atoms with E-state index >= 15 is 0 Å². The Morgan fingerprint density at radius 1 is 1.41 bits per heavy atom.